The van der Waals surface area contributed by atoms with Crippen LogP contribution in [0.3, 0.4) is 0 Å². The number of pyridine rings is 1. The van der Waals surface area contributed by atoms with E-state index in [2.05, 4.69) is 10.3 Å². The van der Waals surface area contributed by atoms with Crippen LogP contribution in [0.2, 0.25) is 0 Å². The SMILES string of the molecule is CCCCNC(c1cccnc1)P(=O)(O)O. The van der Waals surface area contributed by atoms with Gasteiger partial charge in [-0.3, -0.25) is 14.9 Å². The van der Waals surface area contributed by atoms with Crippen molar-refractivity contribution in [2.75, 3.05) is 6.54 Å². The molecule has 1 aromatic rings. The smallest absolute Gasteiger partial charge is 0.323 e. The van der Waals surface area contributed by atoms with Crippen molar-refractivity contribution in [1.29, 1.82) is 0 Å². The summed E-state index contributed by atoms with van der Waals surface area (Å²) in [6.07, 6.45) is 4.92. The molecule has 1 aromatic heterocycles. The van der Waals surface area contributed by atoms with Crippen LogP contribution in [-0.2, 0) is 4.57 Å². The molecule has 0 radical (unpaired) electrons. The molecular formula is C10H17N2O3P. The van der Waals surface area contributed by atoms with Gasteiger partial charge >= 0.3 is 7.60 Å². The van der Waals surface area contributed by atoms with E-state index in [0.29, 0.717) is 12.1 Å². The van der Waals surface area contributed by atoms with E-state index in [9.17, 15) is 14.4 Å². The monoisotopic (exact) mass is 244 g/mol. The summed E-state index contributed by atoms with van der Waals surface area (Å²) in [7, 11) is -4.19. The van der Waals surface area contributed by atoms with Gasteiger partial charge in [-0.05, 0) is 24.6 Å². The highest BCUT2D eigenvalue weighted by Gasteiger charge is 2.29. The Morgan fingerprint density at radius 3 is 2.81 bits per heavy atom. The van der Waals surface area contributed by atoms with Gasteiger partial charge in [0, 0.05) is 12.4 Å². The predicted molar refractivity (Wildman–Crippen MR) is 61.9 cm³/mol. The van der Waals surface area contributed by atoms with Crippen LogP contribution in [0.1, 0.15) is 31.1 Å². The fraction of sp³-hybridized carbons (Fsp3) is 0.500. The predicted octanol–water partition coefficient (Wildman–Crippen LogP) is 1.65. The standard InChI is InChI=1S/C10H17N2O3P/c1-2-3-7-12-10(16(13,14)15)9-5-4-6-11-8-9/h4-6,8,10,12H,2-3,7H2,1H3,(H2,13,14,15). The van der Waals surface area contributed by atoms with Crippen LogP contribution < -0.4 is 5.32 Å². The quantitative estimate of drug-likeness (QED) is 0.523. The molecule has 5 nitrogen and oxygen atoms in total. The molecule has 1 heterocycles. The van der Waals surface area contributed by atoms with E-state index in [-0.39, 0.29) is 0 Å². The Labute approximate surface area is 95.1 Å². The van der Waals surface area contributed by atoms with Gasteiger partial charge in [0.2, 0.25) is 0 Å². The van der Waals surface area contributed by atoms with Crippen LogP contribution in [0.15, 0.2) is 24.5 Å². The largest absolute Gasteiger partial charge is 0.346 e. The van der Waals surface area contributed by atoms with Crippen molar-refractivity contribution in [2.45, 2.75) is 25.5 Å². The first kappa shape index (κ1) is 13.3. The Morgan fingerprint density at radius 2 is 2.31 bits per heavy atom. The van der Waals surface area contributed by atoms with E-state index in [1.807, 2.05) is 6.92 Å². The molecule has 0 aliphatic rings. The minimum atomic E-state index is -4.19. The third-order valence-electron chi connectivity index (χ3n) is 2.20. The first-order valence-corrected chi connectivity index (χ1v) is 6.92. The van der Waals surface area contributed by atoms with Gasteiger partial charge in [-0.2, -0.15) is 0 Å². The molecule has 3 N–H and O–H groups in total. The highest BCUT2D eigenvalue weighted by Crippen LogP contribution is 2.49. The summed E-state index contributed by atoms with van der Waals surface area (Å²) in [4.78, 5) is 22.4. The molecule has 0 saturated heterocycles. The van der Waals surface area contributed by atoms with E-state index in [4.69, 9.17) is 0 Å². The summed E-state index contributed by atoms with van der Waals surface area (Å²) in [5.41, 5.74) is 0.520. The maximum absolute atomic E-state index is 11.3. The van der Waals surface area contributed by atoms with Crippen LogP contribution in [0.4, 0.5) is 0 Å². The van der Waals surface area contributed by atoms with Crippen LogP contribution in [0, 0.1) is 0 Å². The average Bonchev–Trinajstić information content (AvgIpc) is 2.24. The van der Waals surface area contributed by atoms with Crippen molar-refractivity contribution >= 4 is 7.60 Å². The molecule has 90 valence electrons. The molecule has 6 heteroatoms. The van der Waals surface area contributed by atoms with Crippen LogP contribution >= 0.6 is 7.60 Å². The molecule has 0 bridgehead atoms. The summed E-state index contributed by atoms with van der Waals surface area (Å²) in [5.74, 6) is -0.951. The molecule has 0 fully saturated rings. The molecule has 0 aromatic carbocycles. The Kier molecular flexibility index (Phi) is 5.09. The molecule has 0 aliphatic heterocycles. The van der Waals surface area contributed by atoms with Gasteiger partial charge in [-0.25, -0.2) is 0 Å². The number of rotatable bonds is 6. The van der Waals surface area contributed by atoms with E-state index in [0.717, 1.165) is 12.8 Å². The number of hydrogen-bond acceptors (Lipinski definition) is 3. The fourth-order valence-corrected chi connectivity index (χ4v) is 2.29. The number of unbranched alkanes of at least 4 members (excludes halogenated alkanes) is 1. The van der Waals surface area contributed by atoms with Crippen molar-refractivity contribution in [3.05, 3.63) is 30.1 Å². The third kappa shape index (κ3) is 4.02. The van der Waals surface area contributed by atoms with Crippen molar-refractivity contribution in [2.24, 2.45) is 0 Å². The second-order valence-electron chi connectivity index (χ2n) is 3.59. The molecule has 1 atom stereocenters. The van der Waals surface area contributed by atoms with E-state index in [1.165, 1.54) is 6.20 Å². The lowest BCUT2D eigenvalue weighted by Gasteiger charge is -2.19. The zero-order valence-corrected chi connectivity index (χ0v) is 10.1. The van der Waals surface area contributed by atoms with Crippen molar-refractivity contribution < 1.29 is 14.4 Å². The third-order valence-corrected chi connectivity index (χ3v) is 3.36. The van der Waals surface area contributed by atoms with E-state index in [1.54, 1.807) is 18.3 Å². The van der Waals surface area contributed by atoms with Gasteiger partial charge in [-0.1, -0.05) is 19.4 Å². The number of nitrogens with zero attached hydrogens (tertiary/aromatic N) is 1. The zero-order chi connectivity index (χ0) is 12.0. The molecule has 0 aliphatic carbocycles. The second-order valence-corrected chi connectivity index (χ2v) is 5.28. The van der Waals surface area contributed by atoms with Gasteiger partial charge in [-0.15, -0.1) is 0 Å². The van der Waals surface area contributed by atoms with E-state index < -0.39 is 13.4 Å². The average molecular weight is 244 g/mol. The summed E-state index contributed by atoms with van der Waals surface area (Å²) in [5, 5.41) is 2.87. The first-order chi connectivity index (χ1) is 7.55. The van der Waals surface area contributed by atoms with Crippen molar-refractivity contribution in [1.82, 2.24) is 10.3 Å². The fourth-order valence-electron chi connectivity index (χ4n) is 1.38. The zero-order valence-electron chi connectivity index (χ0n) is 9.21. The molecule has 1 rings (SSSR count). The molecule has 0 amide bonds. The normalized spacial score (nSPS) is 13.7. The topological polar surface area (TPSA) is 82.5 Å². The Hall–Kier alpha value is -0.740. The highest BCUT2D eigenvalue weighted by atomic mass is 31.2. The highest BCUT2D eigenvalue weighted by molar-refractivity contribution is 7.52. The number of aromatic nitrogens is 1. The summed E-state index contributed by atoms with van der Waals surface area (Å²) >= 11 is 0. The summed E-state index contributed by atoms with van der Waals surface area (Å²) in [6, 6.07) is 3.33. The minimum absolute atomic E-state index is 0.520. The Bertz CT molecular complexity index is 352. The molecular weight excluding hydrogens is 227 g/mol. The van der Waals surface area contributed by atoms with Gasteiger partial charge in [0.05, 0.1) is 0 Å². The van der Waals surface area contributed by atoms with Gasteiger partial charge in [0.25, 0.3) is 0 Å². The van der Waals surface area contributed by atoms with Crippen molar-refractivity contribution in [3.63, 3.8) is 0 Å². The second kappa shape index (κ2) is 6.11. The van der Waals surface area contributed by atoms with Crippen LogP contribution in [0.25, 0.3) is 0 Å². The summed E-state index contributed by atoms with van der Waals surface area (Å²) in [6.45, 7) is 2.61. The molecule has 0 spiro atoms. The van der Waals surface area contributed by atoms with Crippen molar-refractivity contribution in [3.8, 4) is 0 Å². The molecule has 0 saturated carbocycles. The van der Waals surface area contributed by atoms with Gasteiger partial charge in [0.1, 0.15) is 5.78 Å². The van der Waals surface area contributed by atoms with E-state index >= 15 is 0 Å². The number of hydrogen-bond donors (Lipinski definition) is 3. The molecule has 1 unspecified atom stereocenters. The first-order valence-electron chi connectivity index (χ1n) is 5.24. The van der Waals surface area contributed by atoms with Crippen LogP contribution in [-0.4, -0.2) is 21.3 Å². The van der Waals surface area contributed by atoms with Gasteiger partial charge < -0.3 is 9.79 Å². The maximum atomic E-state index is 11.3. The number of nitrogens with one attached hydrogen (secondary N) is 1. The summed E-state index contributed by atoms with van der Waals surface area (Å²) < 4.78 is 11.3. The Balaban J connectivity index is 2.77. The van der Waals surface area contributed by atoms with Crippen LogP contribution in [0.5, 0.6) is 0 Å². The lowest BCUT2D eigenvalue weighted by atomic mass is 10.2. The lowest BCUT2D eigenvalue weighted by Crippen LogP contribution is -2.22. The van der Waals surface area contributed by atoms with Gasteiger partial charge in [0.15, 0.2) is 0 Å². The molecule has 16 heavy (non-hydrogen) atoms. The Morgan fingerprint density at radius 1 is 1.56 bits per heavy atom. The lowest BCUT2D eigenvalue weighted by molar-refractivity contribution is 0.347. The maximum Gasteiger partial charge on any atom is 0.346 e. The minimum Gasteiger partial charge on any atom is -0.323 e.